The minimum atomic E-state index is -2.53. The van der Waals surface area contributed by atoms with Gasteiger partial charge >= 0.3 is 5.69 Å². The van der Waals surface area contributed by atoms with Crippen molar-refractivity contribution in [3.8, 4) is 0 Å². The molecule has 0 radical (unpaired) electrons. The molecule has 0 aliphatic heterocycles. The first-order chi connectivity index (χ1) is 11.6. The molecule has 1 rings (SSSR count). The molecule has 8 heteroatoms. The lowest BCUT2D eigenvalue weighted by atomic mass is 10.2. The molecule has 0 amide bonds. The third-order valence-corrected chi connectivity index (χ3v) is 7.68. The lowest BCUT2D eigenvalue weighted by Gasteiger charge is -2.14. The lowest BCUT2D eigenvalue weighted by molar-refractivity contribution is 0.282. The fraction of sp³-hybridized carbons (Fsp3) is 0.765. The van der Waals surface area contributed by atoms with Crippen molar-refractivity contribution in [1.82, 2.24) is 9.13 Å². The predicted molar refractivity (Wildman–Crippen MR) is 106 cm³/mol. The molecule has 144 valence electrons. The highest BCUT2D eigenvalue weighted by atomic mass is 32.7. The van der Waals surface area contributed by atoms with E-state index >= 15 is 0 Å². The molecule has 1 aromatic rings. The number of rotatable bonds is 11. The Morgan fingerprint density at radius 3 is 2.48 bits per heavy atom. The lowest BCUT2D eigenvalue weighted by Crippen LogP contribution is -2.38. The molecule has 1 heterocycles. The summed E-state index contributed by atoms with van der Waals surface area (Å²) < 4.78 is 20.5. The van der Waals surface area contributed by atoms with E-state index in [0.29, 0.717) is 24.8 Å². The number of hydrogen-bond acceptors (Lipinski definition) is 5. The normalized spacial score (nSPS) is 14.0. The van der Waals surface area contributed by atoms with E-state index in [0.717, 1.165) is 36.0 Å². The van der Waals surface area contributed by atoms with Crippen LogP contribution >= 0.6 is 18.0 Å². The van der Waals surface area contributed by atoms with Crippen molar-refractivity contribution >= 4 is 18.0 Å². The summed E-state index contributed by atoms with van der Waals surface area (Å²) in [6, 6.07) is 1.49. The third kappa shape index (κ3) is 7.97. The van der Waals surface area contributed by atoms with Crippen LogP contribution in [0.1, 0.15) is 45.2 Å². The Bertz CT molecular complexity index is 712. The summed E-state index contributed by atoms with van der Waals surface area (Å²) in [5, 5.41) is 0. The van der Waals surface area contributed by atoms with Crippen LogP contribution in [-0.2, 0) is 22.7 Å². The van der Waals surface area contributed by atoms with E-state index in [-0.39, 0.29) is 11.2 Å². The number of hydrogen-bond donors (Lipinski definition) is 0. The van der Waals surface area contributed by atoms with Crippen LogP contribution in [0.5, 0.6) is 0 Å². The average molecular weight is 390 g/mol. The zero-order chi connectivity index (χ0) is 19.0. The molecule has 0 fully saturated rings. The Kier molecular flexibility index (Phi) is 9.25. The minimum Gasteiger partial charge on any atom is -0.321 e. The van der Waals surface area contributed by atoms with Crippen molar-refractivity contribution in [3.05, 3.63) is 32.6 Å². The first-order valence-electron chi connectivity index (χ1n) is 8.78. The molecule has 0 saturated heterocycles. The fourth-order valence-electron chi connectivity index (χ4n) is 2.33. The zero-order valence-corrected chi connectivity index (χ0v) is 17.7. The smallest absolute Gasteiger partial charge is 0.321 e. The van der Waals surface area contributed by atoms with Gasteiger partial charge in [-0.3, -0.25) is 18.5 Å². The molecule has 1 unspecified atom stereocenters. The molecule has 6 nitrogen and oxygen atoms in total. The summed E-state index contributed by atoms with van der Waals surface area (Å²) in [7, 11) is 1.50. The first kappa shape index (κ1) is 22.3. The highest BCUT2D eigenvalue weighted by molar-refractivity contribution is 8.56. The second-order valence-electron chi connectivity index (χ2n) is 6.83. The van der Waals surface area contributed by atoms with E-state index in [1.54, 1.807) is 18.2 Å². The monoisotopic (exact) mass is 390 g/mol. The SMILES string of the molecule is Cc1cc(=O)n(C)c(=O)n1CCCCCCSP(C)(=O)OCC(C)C. The molecular formula is C17H31N2O4PS. The van der Waals surface area contributed by atoms with Gasteiger partial charge in [0.2, 0.25) is 0 Å². The van der Waals surface area contributed by atoms with Crippen LogP contribution in [-0.4, -0.2) is 28.2 Å². The maximum atomic E-state index is 12.2. The number of aromatic nitrogens is 2. The van der Waals surface area contributed by atoms with Gasteiger partial charge in [0, 0.05) is 37.8 Å². The van der Waals surface area contributed by atoms with Gasteiger partial charge in [-0.05, 0) is 25.7 Å². The van der Waals surface area contributed by atoms with Gasteiger partial charge in [-0.25, -0.2) is 4.79 Å². The van der Waals surface area contributed by atoms with Crippen molar-refractivity contribution < 1.29 is 9.09 Å². The summed E-state index contributed by atoms with van der Waals surface area (Å²) in [5.74, 6) is 1.21. The summed E-state index contributed by atoms with van der Waals surface area (Å²) in [4.78, 5) is 23.6. The molecule has 1 atom stereocenters. The number of unbranched alkanes of at least 4 members (excludes halogenated alkanes) is 3. The molecule has 0 N–H and O–H groups in total. The summed E-state index contributed by atoms with van der Waals surface area (Å²) in [6.45, 7) is 6.19. The number of aryl methyl sites for hydroxylation is 1. The van der Waals surface area contributed by atoms with E-state index < -0.39 is 6.57 Å². The quantitative estimate of drug-likeness (QED) is 0.426. The Labute approximate surface area is 154 Å². The second kappa shape index (κ2) is 10.4. The van der Waals surface area contributed by atoms with Crippen molar-refractivity contribution in [3.63, 3.8) is 0 Å². The van der Waals surface area contributed by atoms with Crippen LogP contribution < -0.4 is 11.2 Å². The average Bonchev–Trinajstić information content (AvgIpc) is 2.53. The van der Waals surface area contributed by atoms with E-state index in [1.165, 1.54) is 24.5 Å². The summed E-state index contributed by atoms with van der Waals surface area (Å²) >= 11 is 1.42. The molecule has 25 heavy (non-hydrogen) atoms. The molecule has 0 aliphatic rings. The van der Waals surface area contributed by atoms with E-state index in [9.17, 15) is 14.2 Å². The van der Waals surface area contributed by atoms with Gasteiger partial charge in [-0.1, -0.05) is 38.1 Å². The van der Waals surface area contributed by atoms with E-state index in [2.05, 4.69) is 0 Å². The van der Waals surface area contributed by atoms with Crippen LogP contribution in [0.3, 0.4) is 0 Å². The Morgan fingerprint density at radius 2 is 1.84 bits per heavy atom. The van der Waals surface area contributed by atoms with Crippen LogP contribution in [0.15, 0.2) is 15.7 Å². The highest BCUT2D eigenvalue weighted by Gasteiger charge is 2.16. The number of nitrogens with zero attached hydrogens (tertiary/aromatic N) is 2. The second-order valence-corrected chi connectivity index (χ2v) is 12.1. The first-order valence-corrected chi connectivity index (χ1v) is 12.4. The topological polar surface area (TPSA) is 70.3 Å². The standard InChI is InChI=1S/C17H31N2O4PS/c1-14(2)13-23-24(5,22)25-11-9-7-6-8-10-19-15(3)12-16(20)18(4)17(19)21/h12,14H,6-11,13H2,1-5H3. The molecule has 0 spiro atoms. The molecule has 0 bridgehead atoms. The van der Waals surface area contributed by atoms with Gasteiger partial charge in [0.05, 0.1) is 6.61 Å². The molecule has 0 aromatic carbocycles. The van der Waals surface area contributed by atoms with E-state index in [4.69, 9.17) is 4.52 Å². The Morgan fingerprint density at radius 1 is 1.20 bits per heavy atom. The van der Waals surface area contributed by atoms with Gasteiger partial charge in [-0.2, -0.15) is 0 Å². The molecule has 1 aromatic heterocycles. The van der Waals surface area contributed by atoms with Crippen LogP contribution in [0, 0.1) is 12.8 Å². The van der Waals surface area contributed by atoms with Gasteiger partial charge in [0.25, 0.3) is 12.1 Å². The van der Waals surface area contributed by atoms with Gasteiger partial charge in [0.1, 0.15) is 0 Å². The largest absolute Gasteiger partial charge is 0.330 e. The van der Waals surface area contributed by atoms with Crippen LogP contribution in [0.25, 0.3) is 0 Å². The van der Waals surface area contributed by atoms with Crippen LogP contribution in [0.4, 0.5) is 0 Å². The van der Waals surface area contributed by atoms with Crippen molar-refractivity contribution in [2.75, 3.05) is 19.0 Å². The fourth-order valence-corrected chi connectivity index (χ4v) is 5.43. The molecular weight excluding hydrogens is 359 g/mol. The van der Waals surface area contributed by atoms with E-state index in [1.807, 2.05) is 13.8 Å². The molecule has 0 saturated carbocycles. The van der Waals surface area contributed by atoms with Gasteiger partial charge in [-0.15, -0.1) is 0 Å². The maximum Gasteiger partial charge on any atom is 0.330 e. The van der Waals surface area contributed by atoms with Crippen molar-refractivity contribution in [1.29, 1.82) is 0 Å². The predicted octanol–water partition coefficient (Wildman–Crippen LogP) is 3.64. The highest BCUT2D eigenvalue weighted by Crippen LogP contribution is 2.56. The van der Waals surface area contributed by atoms with Crippen LogP contribution in [0.2, 0.25) is 0 Å². The van der Waals surface area contributed by atoms with Gasteiger partial charge < -0.3 is 4.52 Å². The maximum absolute atomic E-state index is 12.2. The summed E-state index contributed by atoms with van der Waals surface area (Å²) in [6.07, 6.45) is 3.89. The van der Waals surface area contributed by atoms with Crippen molar-refractivity contribution in [2.24, 2.45) is 13.0 Å². The van der Waals surface area contributed by atoms with Crippen molar-refractivity contribution in [2.45, 2.75) is 53.0 Å². The molecule has 0 aliphatic carbocycles. The minimum absolute atomic E-state index is 0.255. The van der Waals surface area contributed by atoms with Gasteiger partial charge in [0.15, 0.2) is 0 Å². The summed E-state index contributed by atoms with van der Waals surface area (Å²) in [5.41, 5.74) is 0.187. The third-order valence-electron chi connectivity index (χ3n) is 3.85. The Hall–Kier alpha value is -0.780. The Balaban J connectivity index is 2.28. The zero-order valence-electron chi connectivity index (χ0n) is 16.0.